The summed E-state index contributed by atoms with van der Waals surface area (Å²) >= 11 is 0. The van der Waals surface area contributed by atoms with Gasteiger partial charge in [0.05, 0.1) is 4.90 Å². The number of fused-ring (bicyclic) bond motifs is 1. The Balaban J connectivity index is 0.00000107. The molecule has 0 unspecified atom stereocenters. The second kappa shape index (κ2) is 11.2. The van der Waals surface area contributed by atoms with Crippen molar-refractivity contribution in [2.75, 3.05) is 19.6 Å². The van der Waals surface area contributed by atoms with Gasteiger partial charge >= 0.3 is 0 Å². The van der Waals surface area contributed by atoms with E-state index >= 15 is 0 Å². The normalized spacial score (nSPS) is 23.1. The number of hydrogen-bond donors (Lipinski definition) is 3. The number of sulfonamides is 1. The molecule has 1 aromatic rings. The van der Waals surface area contributed by atoms with Gasteiger partial charge in [0.1, 0.15) is 0 Å². The lowest BCUT2D eigenvalue weighted by molar-refractivity contribution is -0.124. The molecule has 2 amide bonds. The van der Waals surface area contributed by atoms with Crippen LogP contribution in [0.5, 0.6) is 0 Å². The van der Waals surface area contributed by atoms with Crippen LogP contribution in [0.2, 0.25) is 0 Å². The molecule has 0 spiro atoms. The average molecular weight is 454 g/mol. The molecular formula is C21H31N3O6S. The quantitative estimate of drug-likeness (QED) is 0.553. The van der Waals surface area contributed by atoms with Gasteiger partial charge in [-0.3, -0.25) is 14.4 Å². The zero-order valence-corrected chi connectivity index (χ0v) is 18.7. The third-order valence-electron chi connectivity index (χ3n) is 5.85. The maximum atomic E-state index is 13.1. The summed E-state index contributed by atoms with van der Waals surface area (Å²) in [6.07, 6.45) is 3.07. The van der Waals surface area contributed by atoms with Crippen LogP contribution < -0.4 is 10.6 Å². The van der Waals surface area contributed by atoms with Crippen LogP contribution in [0.25, 0.3) is 0 Å². The van der Waals surface area contributed by atoms with Crippen LogP contribution in [-0.4, -0.2) is 61.8 Å². The zero-order chi connectivity index (χ0) is 23.0. The lowest BCUT2D eigenvalue weighted by Gasteiger charge is -2.33. The Bertz CT molecular complexity index is 889. The van der Waals surface area contributed by atoms with Crippen LogP contribution in [-0.2, 0) is 24.4 Å². The fraction of sp³-hybridized carbons (Fsp3) is 0.571. The number of aryl methyl sites for hydroxylation is 1. The zero-order valence-electron chi connectivity index (χ0n) is 17.9. The fourth-order valence-corrected chi connectivity index (χ4v) is 6.18. The van der Waals surface area contributed by atoms with Crippen LogP contribution in [0, 0.1) is 18.8 Å². The Kier molecular flexibility index (Phi) is 9.00. The van der Waals surface area contributed by atoms with Gasteiger partial charge in [0, 0.05) is 39.0 Å². The first-order valence-electron chi connectivity index (χ1n) is 10.4. The summed E-state index contributed by atoms with van der Waals surface area (Å²) in [7, 11) is -3.53. The van der Waals surface area contributed by atoms with Gasteiger partial charge in [-0.25, -0.2) is 8.42 Å². The number of amides is 2. The van der Waals surface area contributed by atoms with Crippen LogP contribution >= 0.6 is 0 Å². The van der Waals surface area contributed by atoms with Crippen molar-refractivity contribution in [3.05, 3.63) is 29.8 Å². The molecule has 1 heterocycles. The summed E-state index contributed by atoms with van der Waals surface area (Å²) < 4.78 is 27.9. The van der Waals surface area contributed by atoms with E-state index in [4.69, 9.17) is 9.90 Å². The highest BCUT2D eigenvalue weighted by Crippen LogP contribution is 2.39. The van der Waals surface area contributed by atoms with Crippen molar-refractivity contribution in [2.24, 2.45) is 11.8 Å². The SMILES string of the molecule is CC(=O)NCCC(=O)N[C@H]1CCC[C@H]2CN(S(=O)(=O)c3ccccc3C)C[C@H]21.O=CO. The number of nitrogens with zero attached hydrogens (tertiary/aromatic N) is 1. The minimum absolute atomic E-state index is 0.0133. The summed E-state index contributed by atoms with van der Waals surface area (Å²) in [4.78, 5) is 31.9. The molecule has 1 aliphatic carbocycles. The second-order valence-corrected chi connectivity index (χ2v) is 9.86. The molecule has 3 rings (SSSR count). The van der Waals surface area contributed by atoms with Gasteiger partial charge in [-0.1, -0.05) is 24.6 Å². The molecule has 9 nitrogen and oxygen atoms in total. The molecule has 31 heavy (non-hydrogen) atoms. The molecule has 0 aromatic heterocycles. The topological polar surface area (TPSA) is 133 Å². The first-order chi connectivity index (χ1) is 14.7. The lowest BCUT2D eigenvalue weighted by Crippen LogP contribution is -2.46. The second-order valence-electron chi connectivity index (χ2n) is 7.95. The monoisotopic (exact) mass is 453 g/mol. The molecule has 3 N–H and O–H groups in total. The van der Waals surface area contributed by atoms with Crippen molar-refractivity contribution in [1.82, 2.24) is 14.9 Å². The molecule has 1 aromatic carbocycles. The van der Waals surface area contributed by atoms with Gasteiger partial charge in [-0.2, -0.15) is 4.31 Å². The van der Waals surface area contributed by atoms with Crippen molar-refractivity contribution in [1.29, 1.82) is 0 Å². The predicted molar refractivity (Wildman–Crippen MR) is 115 cm³/mol. The predicted octanol–water partition coefficient (Wildman–Crippen LogP) is 1.13. The van der Waals surface area contributed by atoms with Crippen LogP contribution in [0.4, 0.5) is 0 Å². The van der Waals surface area contributed by atoms with E-state index in [-0.39, 0.29) is 42.6 Å². The Morgan fingerprint density at radius 3 is 2.55 bits per heavy atom. The number of hydrogen-bond acceptors (Lipinski definition) is 5. The highest BCUT2D eigenvalue weighted by molar-refractivity contribution is 7.89. The molecule has 1 saturated heterocycles. The van der Waals surface area contributed by atoms with Gasteiger partial charge in [0.15, 0.2) is 0 Å². The van der Waals surface area contributed by atoms with Crippen molar-refractivity contribution in [3.8, 4) is 0 Å². The minimum Gasteiger partial charge on any atom is -0.483 e. The first kappa shape index (κ1) is 24.8. The third kappa shape index (κ3) is 6.51. The highest BCUT2D eigenvalue weighted by atomic mass is 32.2. The number of benzene rings is 1. The molecule has 10 heteroatoms. The number of nitrogens with one attached hydrogen (secondary N) is 2. The Morgan fingerprint density at radius 1 is 1.23 bits per heavy atom. The molecular weight excluding hydrogens is 422 g/mol. The van der Waals surface area contributed by atoms with Crippen LogP contribution in [0.1, 0.15) is 38.2 Å². The molecule has 1 aliphatic heterocycles. The van der Waals surface area contributed by atoms with Crippen molar-refractivity contribution in [2.45, 2.75) is 50.5 Å². The van der Waals surface area contributed by atoms with Crippen molar-refractivity contribution < 1.29 is 27.9 Å². The number of carbonyl (C=O) groups is 3. The third-order valence-corrected chi connectivity index (χ3v) is 7.84. The van der Waals surface area contributed by atoms with Crippen LogP contribution in [0.15, 0.2) is 29.2 Å². The largest absolute Gasteiger partial charge is 0.483 e. The number of carboxylic acid groups (broad SMARTS) is 1. The summed E-state index contributed by atoms with van der Waals surface area (Å²) in [5, 5.41) is 12.6. The summed E-state index contributed by atoms with van der Waals surface area (Å²) in [6.45, 7) is 4.26. The van der Waals surface area contributed by atoms with E-state index in [0.717, 1.165) is 24.8 Å². The fourth-order valence-electron chi connectivity index (χ4n) is 4.42. The van der Waals surface area contributed by atoms with Crippen molar-refractivity contribution >= 4 is 28.3 Å². The van der Waals surface area contributed by atoms with Gasteiger partial charge in [0.2, 0.25) is 21.8 Å². The Morgan fingerprint density at radius 2 is 1.90 bits per heavy atom. The Labute approximate surface area is 183 Å². The summed E-state index contributed by atoms with van der Waals surface area (Å²) in [5.74, 6) is 0.156. The van der Waals surface area contributed by atoms with E-state index in [1.807, 2.05) is 19.1 Å². The molecule has 1 saturated carbocycles. The van der Waals surface area contributed by atoms with Gasteiger partial charge in [-0.05, 0) is 43.2 Å². The minimum atomic E-state index is -3.53. The maximum absolute atomic E-state index is 13.1. The molecule has 3 atom stereocenters. The van der Waals surface area contributed by atoms with Gasteiger partial charge < -0.3 is 15.7 Å². The van der Waals surface area contributed by atoms with E-state index in [0.29, 0.717) is 24.5 Å². The summed E-state index contributed by atoms with van der Waals surface area (Å²) in [5.41, 5.74) is 0.750. The van der Waals surface area contributed by atoms with E-state index in [9.17, 15) is 18.0 Å². The van der Waals surface area contributed by atoms with E-state index in [1.54, 1.807) is 16.4 Å². The summed E-state index contributed by atoms with van der Waals surface area (Å²) in [6, 6.07) is 7.05. The lowest BCUT2D eigenvalue weighted by atomic mass is 9.78. The van der Waals surface area contributed by atoms with Crippen molar-refractivity contribution in [3.63, 3.8) is 0 Å². The van der Waals surface area contributed by atoms with Crippen LogP contribution in [0.3, 0.4) is 0 Å². The molecule has 2 fully saturated rings. The molecule has 0 radical (unpaired) electrons. The Hall–Kier alpha value is -2.46. The van der Waals surface area contributed by atoms with E-state index in [2.05, 4.69) is 10.6 Å². The van der Waals surface area contributed by atoms with E-state index < -0.39 is 10.0 Å². The van der Waals surface area contributed by atoms with E-state index in [1.165, 1.54) is 6.92 Å². The first-order valence-corrected chi connectivity index (χ1v) is 11.8. The molecule has 2 aliphatic rings. The molecule has 172 valence electrons. The number of rotatable bonds is 6. The number of carbonyl (C=O) groups excluding carboxylic acids is 2. The smallest absolute Gasteiger partial charge is 0.290 e. The van der Waals surface area contributed by atoms with Gasteiger partial charge in [-0.15, -0.1) is 0 Å². The molecule has 0 bridgehead atoms. The standard InChI is InChI=1S/C20H29N3O4S.CH2O2/c1-14-6-3-4-9-19(14)28(26,27)23-12-16-7-5-8-18(17(16)13-23)22-20(25)10-11-21-15(2)24;2-1-3/h3-4,6,9,16-18H,5,7-8,10-13H2,1-2H3,(H,21,24)(H,22,25);1H,(H,2,3)/t16-,17+,18-;/m0./s1. The average Bonchev–Trinajstić information content (AvgIpc) is 3.15. The van der Waals surface area contributed by atoms with Gasteiger partial charge in [0.25, 0.3) is 6.47 Å². The maximum Gasteiger partial charge on any atom is 0.290 e. The highest BCUT2D eigenvalue weighted by Gasteiger charge is 2.44.